The summed E-state index contributed by atoms with van der Waals surface area (Å²) in [5.74, 6) is 0.506. The van der Waals surface area contributed by atoms with Crippen molar-refractivity contribution in [3.63, 3.8) is 0 Å². The summed E-state index contributed by atoms with van der Waals surface area (Å²) in [6, 6.07) is 4.84. The van der Waals surface area contributed by atoms with E-state index in [4.69, 9.17) is 4.74 Å². The summed E-state index contributed by atoms with van der Waals surface area (Å²) in [5.41, 5.74) is 2.04. The first-order valence-corrected chi connectivity index (χ1v) is 8.03. The highest BCUT2D eigenvalue weighted by Crippen LogP contribution is 2.27. The number of aromatic hydroxyl groups is 1. The lowest BCUT2D eigenvalue weighted by atomic mass is 9.94. The quantitative estimate of drug-likeness (QED) is 0.682. The molecule has 0 spiro atoms. The Morgan fingerprint density at radius 1 is 1.35 bits per heavy atom. The van der Waals surface area contributed by atoms with Crippen LogP contribution in [-0.2, 0) is 11.2 Å². The van der Waals surface area contributed by atoms with Gasteiger partial charge in [-0.15, -0.1) is 0 Å². The van der Waals surface area contributed by atoms with Gasteiger partial charge in [0.15, 0.2) is 17.3 Å². The maximum Gasteiger partial charge on any atom is 0.161 e. The summed E-state index contributed by atoms with van der Waals surface area (Å²) >= 11 is 0. The molecule has 0 unspecified atom stereocenters. The van der Waals surface area contributed by atoms with Crippen molar-refractivity contribution in [2.75, 3.05) is 7.11 Å². The molecule has 0 aliphatic rings. The maximum absolute atomic E-state index is 12.1. The van der Waals surface area contributed by atoms with Crippen LogP contribution in [-0.4, -0.2) is 29.2 Å². The lowest BCUT2D eigenvalue weighted by molar-refractivity contribution is -0.127. The number of carbonyl (C=O) groups is 1. The minimum Gasteiger partial charge on any atom is -0.504 e. The zero-order valence-corrected chi connectivity index (χ0v) is 14.5. The highest BCUT2D eigenvalue weighted by molar-refractivity contribution is 5.83. The van der Waals surface area contributed by atoms with Crippen LogP contribution < -0.4 is 4.74 Å². The third-order valence-corrected chi connectivity index (χ3v) is 3.81. The van der Waals surface area contributed by atoms with Crippen LogP contribution in [0.4, 0.5) is 0 Å². The van der Waals surface area contributed by atoms with Crippen LogP contribution in [0.3, 0.4) is 0 Å². The number of benzene rings is 1. The van der Waals surface area contributed by atoms with Gasteiger partial charge in [0.25, 0.3) is 0 Å². The monoisotopic (exact) mass is 320 g/mol. The van der Waals surface area contributed by atoms with Crippen molar-refractivity contribution in [3.05, 3.63) is 35.4 Å². The van der Waals surface area contributed by atoms with E-state index in [2.05, 4.69) is 19.9 Å². The predicted octanol–water partition coefficient (Wildman–Crippen LogP) is 3.65. The number of methoxy groups -OCH3 is 1. The molecule has 128 valence electrons. The zero-order valence-electron chi connectivity index (χ0n) is 14.5. The van der Waals surface area contributed by atoms with Gasteiger partial charge >= 0.3 is 0 Å². The Morgan fingerprint density at radius 2 is 2.04 bits per heavy atom. The third-order valence-electron chi connectivity index (χ3n) is 3.81. The Bertz CT molecular complexity index is 544. The van der Waals surface area contributed by atoms with Crippen LogP contribution in [0.5, 0.6) is 11.5 Å². The fourth-order valence-corrected chi connectivity index (χ4v) is 2.42. The number of Topliss-reactive ketones (excluding diaryl/α,β-unsaturated/α-hetero) is 1. The van der Waals surface area contributed by atoms with E-state index < -0.39 is 6.10 Å². The minimum absolute atomic E-state index is 0.0463. The smallest absolute Gasteiger partial charge is 0.161 e. The van der Waals surface area contributed by atoms with E-state index in [1.807, 2.05) is 6.92 Å². The fourth-order valence-electron chi connectivity index (χ4n) is 2.42. The Labute approximate surface area is 138 Å². The summed E-state index contributed by atoms with van der Waals surface area (Å²) in [5, 5.41) is 19.7. The highest BCUT2D eigenvalue weighted by atomic mass is 16.5. The standard InChI is InChI=1S/C19H28O4/c1-13(2)6-5-7-14(3)10-17(21)18(22)11-15-8-9-16(20)19(12-15)23-4/h6,8-9,12,14,18,20,22H,5,7,10-11H2,1-4H3/t14-,18-/m1/s1. The van der Waals surface area contributed by atoms with Gasteiger partial charge in [-0.05, 0) is 50.3 Å². The summed E-state index contributed by atoms with van der Waals surface area (Å²) in [6.07, 6.45) is 3.66. The lowest BCUT2D eigenvalue weighted by Crippen LogP contribution is -2.24. The molecule has 0 fully saturated rings. The Hall–Kier alpha value is -1.81. The second kappa shape index (κ2) is 9.36. The first-order valence-electron chi connectivity index (χ1n) is 8.03. The van der Waals surface area contributed by atoms with Gasteiger partial charge in [0.2, 0.25) is 0 Å². The molecular formula is C19H28O4. The molecule has 0 heterocycles. The fraction of sp³-hybridized carbons (Fsp3) is 0.526. The number of ether oxygens (including phenoxy) is 1. The number of rotatable bonds is 9. The van der Waals surface area contributed by atoms with Crippen molar-refractivity contribution in [2.45, 2.75) is 52.6 Å². The first kappa shape index (κ1) is 19.2. The molecule has 23 heavy (non-hydrogen) atoms. The van der Waals surface area contributed by atoms with Crippen LogP contribution in [0, 0.1) is 5.92 Å². The van der Waals surface area contributed by atoms with Gasteiger partial charge in [0, 0.05) is 12.8 Å². The average molecular weight is 320 g/mol. The molecule has 0 saturated carbocycles. The second-order valence-corrected chi connectivity index (χ2v) is 6.36. The first-order chi connectivity index (χ1) is 10.8. The van der Waals surface area contributed by atoms with E-state index in [1.54, 1.807) is 12.1 Å². The number of hydrogen-bond acceptors (Lipinski definition) is 4. The maximum atomic E-state index is 12.1. The van der Waals surface area contributed by atoms with E-state index in [0.29, 0.717) is 12.2 Å². The van der Waals surface area contributed by atoms with Crippen LogP contribution in [0.15, 0.2) is 29.8 Å². The number of allylic oxidation sites excluding steroid dienone is 2. The molecule has 1 rings (SSSR count). The average Bonchev–Trinajstić information content (AvgIpc) is 2.48. The van der Waals surface area contributed by atoms with Gasteiger partial charge in [-0.1, -0.05) is 24.6 Å². The van der Waals surface area contributed by atoms with Gasteiger partial charge in [-0.2, -0.15) is 0 Å². The molecule has 1 aromatic carbocycles. The molecule has 2 N–H and O–H groups in total. The summed E-state index contributed by atoms with van der Waals surface area (Å²) < 4.78 is 5.03. The van der Waals surface area contributed by atoms with Crippen molar-refractivity contribution in [3.8, 4) is 11.5 Å². The number of hydrogen-bond donors (Lipinski definition) is 2. The number of aliphatic hydroxyl groups excluding tert-OH is 1. The summed E-state index contributed by atoms with van der Waals surface area (Å²) in [6.45, 7) is 6.16. The van der Waals surface area contributed by atoms with Crippen LogP contribution >= 0.6 is 0 Å². The molecule has 0 bridgehead atoms. The van der Waals surface area contributed by atoms with Crippen molar-refractivity contribution in [2.24, 2.45) is 5.92 Å². The van der Waals surface area contributed by atoms with Crippen LogP contribution in [0.1, 0.15) is 45.6 Å². The van der Waals surface area contributed by atoms with Gasteiger partial charge in [-0.25, -0.2) is 0 Å². The molecular weight excluding hydrogens is 292 g/mol. The lowest BCUT2D eigenvalue weighted by Gasteiger charge is -2.14. The molecule has 0 aliphatic carbocycles. The molecule has 2 atom stereocenters. The van der Waals surface area contributed by atoms with Crippen molar-refractivity contribution < 1.29 is 19.7 Å². The van der Waals surface area contributed by atoms with Gasteiger partial charge in [0.05, 0.1) is 7.11 Å². The van der Waals surface area contributed by atoms with Crippen molar-refractivity contribution in [1.82, 2.24) is 0 Å². The number of ketones is 1. The van der Waals surface area contributed by atoms with Gasteiger partial charge in [-0.3, -0.25) is 4.79 Å². The molecule has 0 saturated heterocycles. The van der Waals surface area contributed by atoms with E-state index in [-0.39, 0.29) is 23.9 Å². The normalized spacial score (nSPS) is 13.3. The van der Waals surface area contributed by atoms with Gasteiger partial charge < -0.3 is 14.9 Å². The van der Waals surface area contributed by atoms with Crippen LogP contribution in [0.25, 0.3) is 0 Å². The molecule has 0 radical (unpaired) electrons. The topological polar surface area (TPSA) is 66.8 Å². The van der Waals surface area contributed by atoms with E-state index in [9.17, 15) is 15.0 Å². The van der Waals surface area contributed by atoms with E-state index in [0.717, 1.165) is 18.4 Å². The molecule has 4 nitrogen and oxygen atoms in total. The van der Waals surface area contributed by atoms with Crippen molar-refractivity contribution in [1.29, 1.82) is 0 Å². The molecule has 0 aliphatic heterocycles. The Kier molecular flexibility index (Phi) is 7.83. The molecule has 0 aromatic heterocycles. The second-order valence-electron chi connectivity index (χ2n) is 6.36. The molecule has 0 amide bonds. The largest absolute Gasteiger partial charge is 0.504 e. The summed E-state index contributed by atoms with van der Waals surface area (Å²) in [7, 11) is 1.47. The highest BCUT2D eigenvalue weighted by Gasteiger charge is 2.18. The van der Waals surface area contributed by atoms with Crippen molar-refractivity contribution >= 4 is 5.78 Å². The number of carbonyl (C=O) groups excluding carboxylic acids is 1. The minimum atomic E-state index is -1.02. The predicted molar refractivity (Wildman–Crippen MR) is 91.8 cm³/mol. The van der Waals surface area contributed by atoms with E-state index >= 15 is 0 Å². The number of phenolic OH excluding ortho intramolecular Hbond substituents is 1. The summed E-state index contributed by atoms with van der Waals surface area (Å²) in [4.78, 5) is 12.1. The Morgan fingerprint density at radius 3 is 2.65 bits per heavy atom. The number of phenols is 1. The molecule has 4 heteroatoms. The SMILES string of the molecule is COc1cc(C[C@@H](O)C(=O)C[C@H](C)CCC=C(C)C)ccc1O. The third kappa shape index (κ3) is 6.87. The number of aliphatic hydroxyl groups is 1. The van der Waals surface area contributed by atoms with E-state index in [1.165, 1.54) is 18.7 Å². The van der Waals surface area contributed by atoms with Gasteiger partial charge in [0.1, 0.15) is 6.10 Å². The van der Waals surface area contributed by atoms with Crippen LogP contribution in [0.2, 0.25) is 0 Å². The zero-order chi connectivity index (χ0) is 17.4. The Balaban J connectivity index is 2.52. The molecule has 1 aromatic rings.